The van der Waals surface area contributed by atoms with Crippen LogP contribution in [0.3, 0.4) is 0 Å². The van der Waals surface area contributed by atoms with E-state index in [1.165, 1.54) is 0 Å². The van der Waals surface area contributed by atoms with Crippen molar-refractivity contribution in [3.63, 3.8) is 0 Å². The van der Waals surface area contributed by atoms with Crippen molar-refractivity contribution in [1.82, 2.24) is 4.90 Å². The first-order chi connectivity index (χ1) is 7.72. The Labute approximate surface area is 109 Å². The number of halogens is 1. The van der Waals surface area contributed by atoms with Crippen molar-refractivity contribution in [2.24, 2.45) is 0 Å². The molecule has 0 saturated carbocycles. The third kappa shape index (κ3) is 6.87. The zero-order chi connectivity index (χ0) is 11.8. The van der Waals surface area contributed by atoms with Crippen LogP contribution in [-0.4, -0.2) is 39.3 Å². The Bertz CT molecular complexity index is 340. The van der Waals surface area contributed by atoms with E-state index in [0.717, 1.165) is 18.0 Å². The van der Waals surface area contributed by atoms with Gasteiger partial charge in [-0.25, -0.2) is 0 Å². The second-order valence-electron chi connectivity index (χ2n) is 3.72. The highest BCUT2D eigenvalue weighted by Crippen LogP contribution is 2.18. The van der Waals surface area contributed by atoms with Gasteiger partial charge in [-0.1, -0.05) is 18.2 Å². The number of ether oxygens (including phenoxy) is 2. The molecule has 0 fully saturated rings. The van der Waals surface area contributed by atoms with Gasteiger partial charge in [0.25, 0.3) is 0 Å². The molecular formula is C13H20ClNO2. The highest BCUT2D eigenvalue weighted by molar-refractivity contribution is 5.85. The summed E-state index contributed by atoms with van der Waals surface area (Å²) in [7, 11) is 5.72. The van der Waals surface area contributed by atoms with E-state index < -0.39 is 0 Å². The maximum Gasteiger partial charge on any atom is 0.123 e. The molecule has 0 radical (unpaired) electrons. The van der Waals surface area contributed by atoms with Gasteiger partial charge in [-0.15, -0.1) is 12.4 Å². The van der Waals surface area contributed by atoms with Crippen LogP contribution in [0.25, 0.3) is 0 Å². The quantitative estimate of drug-likeness (QED) is 0.732. The minimum atomic E-state index is 0. The van der Waals surface area contributed by atoms with Crippen molar-refractivity contribution in [3.05, 3.63) is 36.4 Å². The van der Waals surface area contributed by atoms with Crippen LogP contribution >= 0.6 is 12.4 Å². The Hall–Kier alpha value is -1.19. The molecule has 0 spiro atoms. The third-order valence-corrected chi connectivity index (χ3v) is 2.02. The summed E-state index contributed by atoms with van der Waals surface area (Å²) in [5.41, 5.74) is 0. The maximum absolute atomic E-state index is 5.54. The van der Waals surface area contributed by atoms with E-state index in [1.54, 1.807) is 7.11 Å². The summed E-state index contributed by atoms with van der Waals surface area (Å²) in [6, 6.07) is 7.61. The zero-order valence-corrected chi connectivity index (χ0v) is 11.4. The smallest absolute Gasteiger partial charge is 0.123 e. The summed E-state index contributed by atoms with van der Waals surface area (Å²) in [4.78, 5) is 2.10. The Kier molecular flexibility index (Phi) is 8.28. The first-order valence-corrected chi connectivity index (χ1v) is 5.29. The lowest BCUT2D eigenvalue weighted by Crippen LogP contribution is -2.10. The molecule has 0 aliphatic heterocycles. The summed E-state index contributed by atoms with van der Waals surface area (Å²) in [6.45, 7) is 1.52. The van der Waals surface area contributed by atoms with Crippen LogP contribution in [0.4, 0.5) is 0 Å². The van der Waals surface area contributed by atoms with Gasteiger partial charge in [-0.05, 0) is 26.2 Å². The molecule has 0 unspecified atom stereocenters. The summed E-state index contributed by atoms with van der Waals surface area (Å²) in [6.07, 6.45) is 4.10. The predicted molar refractivity (Wildman–Crippen MR) is 73.4 cm³/mol. The first-order valence-electron chi connectivity index (χ1n) is 5.29. The van der Waals surface area contributed by atoms with Gasteiger partial charge < -0.3 is 14.4 Å². The third-order valence-electron chi connectivity index (χ3n) is 2.02. The lowest BCUT2D eigenvalue weighted by molar-refractivity contribution is 0.355. The van der Waals surface area contributed by atoms with Gasteiger partial charge in [0.2, 0.25) is 0 Å². The number of benzene rings is 1. The van der Waals surface area contributed by atoms with Crippen LogP contribution in [-0.2, 0) is 0 Å². The van der Waals surface area contributed by atoms with Gasteiger partial charge in [0.05, 0.1) is 7.11 Å². The van der Waals surface area contributed by atoms with Crippen LogP contribution < -0.4 is 9.47 Å². The molecule has 0 aliphatic rings. The van der Waals surface area contributed by atoms with Crippen molar-refractivity contribution in [3.8, 4) is 11.5 Å². The summed E-state index contributed by atoms with van der Waals surface area (Å²) < 4.78 is 10.7. The van der Waals surface area contributed by atoms with Gasteiger partial charge in [-0.3, -0.25) is 0 Å². The molecule has 17 heavy (non-hydrogen) atoms. The van der Waals surface area contributed by atoms with Gasteiger partial charge in [0, 0.05) is 12.6 Å². The number of hydrogen-bond donors (Lipinski definition) is 0. The number of methoxy groups -OCH3 is 1. The number of hydrogen-bond acceptors (Lipinski definition) is 3. The van der Waals surface area contributed by atoms with Gasteiger partial charge in [0.15, 0.2) is 0 Å². The largest absolute Gasteiger partial charge is 0.497 e. The van der Waals surface area contributed by atoms with Crippen molar-refractivity contribution in [1.29, 1.82) is 0 Å². The van der Waals surface area contributed by atoms with Crippen LogP contribution in [0, 0.1) is 0 Å². The van der Waals surface area contributed by atoms with Crippen LogP contribution in [0.2, 0.25) is 0 Å². The summed E-state index contributed by atoms with van der Waals surface area (Å²) in [5.74, 6) is 1.64. The topological polar surface area (TPSA) is 21.7 Å². The second-order valence-corrected chi connectivity index (χ2v) is 3.72. The fourth-order valence-electron chi connectivity index (χ4n) is 1.19. The van der Waals surface area contributed by atoms with Crippen molar-refractivity contribution in [2.75, 3.05) is 34.4 Å². The fourth-order valence-corrected chi connectivity index (χ4v) is 1.19. The van der Waals surface area contributed by atoms with Crippen LogP contribution in [0.5, 0.6) is 11.5 Å². The van der Waals surface area contributed by atoms with E-state index in [2.05, 4.69) is 11.0 Å². The molecule has 0 aliphatic carbocycles. The molecule has 0 amide bonds. The SMILES string of the molecule is COc1cccc(OCC=CCN(C)C)c1.Cl. The number of rotatable bonds is 6. The number of likely N-dealkylation sites (N-methyl/N-ethyl adjacent to an activating group) is 1. The molecule has 1 aromatic rings. The molecule has 4 heteroatoms. The summed E-state index contributed by atoms with van der Waals surface area (Å²) >= 11 is 0. The molecule has 0 heterocycles. The predicted octanol–water partition coefficient (Wildman–Crippen LogP) is 2.61. The monoisotopic (exact) mass is 257 g/mol. The van der Waals surface area contributed by atoms with E-state index in [9.17, 15) is 0 Å². The molecule has 96 valence electrons. The van der Waals surface area contributed by atoms with E-state index in [4.69, 9.17) is 9.47 Å². The van der Waals surface area contributed by atoms with Crippen molar-refractivity contribution in [2.45, 2.75) is 0 Å². The molecule has 0 atom stereocenters. The van der Waals surface area contributed by atoms with E-state index in [-0.39, 0.29) is 12.4 Å². The molecule has 0 aromatic heterocycles. The Morgan fingerprint density at radius 3 is 2.53 bits per heavy atom. The van der Waals surface area contributed by atoms with E-state index in [1.807, 2.05) is 44.4 Å². The first kappa shape index (κ1) is 15.8. The Morgan fingerprint density at radius 2 is 1.88 bits per heavy atom. The van der Waals surface area contributed by atoms with Crippen molar-refractivity contribution < 1.29 is 9.47 Å². The second kappa shape index (κ2) is 8.90. The molecule has 1 aromatic carbocycles. The average molecular weight is 258 g/mol. The molecular weight excluding hydrogens is 238 g/mol. The Morgan fingerprint density at radius 1 is 1.18 bits per heavy atom. The highest BCUT2D eigenvalue weighted by atomic mass is 35.5. The summed E-state index contributed by atoms with van der Waals surface area (Å²) in [5, 5.41) is 0. The molecule has 0 N–H and O–H groups in total. The number of nitrogens with zero attached hydrogens (tertiary/aromatic N) is 1. The molecule has 0 bridgehead atoms. The van der Waals surface area contributed by atoms with Gasteiger partial charge in [-0.2, -0.15) is 0 Å². The molecule has 0 saturated heterocycles. The van der Waals surface area contributed by atoms with Gasteiger partial charge in [0.1, 0.15) is 18.1 Å². The van der Waals surface area contributed by atoms with Crippen LogP contribution in [0.15, 0.2) is 36.4 Å². The normalized spacial score (nSPS) is 10.4. The standard InChI is InChI=1S/C13H19NO2.ClH/c1-14(2)9-4-5-10-16-13-8-6-7-12(11-13)15-3;/h4-8,11H,9-10H2,1-3H3;1H. The minimum absolute atomic E-state index is 0. The highest BCUT2D eigenvalue weighted by Gasteiger charge is 1.94. The Balaban J connectivity index is 0.00000256. The maximum atomic E-state index is 5.54. The lowest BCUT2D eigenvalue weighted by Gasteiger charge is -2.06. The van der Waals surface area contributed by atoms with Crippen molar-refractivity contribution >= 4 is 12.4 Å². The fraction of sp³-hybridized carbons (Fsp3) is 0.385. The zero-order valence-electron chi connectivity index (χ0n) is 10.6. The lowest BCUT2D eigenvalue weighted by atomic mass is 10.3. The van der Waals surface area contributed by atoms with E-state index in [0.29, 0.717) is 6.61 Å². The average Bonchev–Trinajstić information content (AvgIpc) is 2.28. The molecule has 3 nitrogen and oxygen atoms in total. The van der Waals surface area contributed by atoms with Gasteiger partial charge >= 0.3 is 0 Å². The minimum Gasteiger partial charge on any atom is -0.497 e. The molecule has 1 rings (SSSR count). The van der Waals surface area contributed by atoms with Crippen LogP contribution in [0.1, 0.15) is 0 Å². The van der Waals surface area contributed by atoms with E-state index >= 15 is 0 Å².